The van der Waals surface area contributed by atoms with Crippen molar-refractivity contribution in [3.05, 3.63) is 70.8 Å². The van der Waals surface area contributed by atoms with E-state index in [0.29, 0.717) is 13.0 Å². The van der Waals surface area contributed by atoms with Gasteiger partial charge in [-0.2, -0.15) is 0 Å². The molecule has 2 amide bonds. The molecule has 2 rings (SSSR count). The Balaban J connectivity index is 2.17. The number of amides is 2. The van der Waals surface area contributed by atoms with E-state index in [-0.39, 0.29) is 11.8 Å². The maximum Gasteiger partial charge on any atom is 0.242 e. The molecule has 2 aromatic carbocycles. The van der Waals surface area contributed by atoms with Crippen LogP contribution in [-0.2, 0) is 22.4 Å². The summed E-state index contributed by atoms with van der Waals surface area (Å²) in [5.41, 5.74) is 4.40. The largest absolute Gasteiger partial charge is 0.357 e. The fraction of sp³-hybridized carbons (Fsp3) is 0.364. The van der Waals surface area contributed by atoms with E-state index >= 15 is 0 Å². The van der Waals surface area contributed by atoms with Crippen LogP contribution in [0.1, 0.15) is 29.2 Å². The summed E-state index contributed by atoms with van der Waals surface area (Å²) in [5, 5.41) is 2.65. The van der Waals surface area contributed by atoms with E-state index in [1.54, 1.807) is 18.9 Å². The molecule has 0 aliphatic rings. The van der Waals surface area contributed by atoms with Crippen molar-refractivity contribution in [3.63, 3.8) is 0 Å². The molecule has 138 valence electrons. The minimum atomic E-state index is -0.499. The first-order valence-corrected chi connectivity index (χ1v) is 9.03. The van der Waals surface area contributed by atoms with Gasteiger partial charge in [0.2, 0.25) is 11.8 Å². The SMILES string of the molecule is CNC(=O)[C@@H](C)N(CCc1ccccc1)C(=O)Cc1cc(C)ccc1C. The number of benzene rings is 2. The fourth-order valence-corrected chi connectivity index (χ4v) is 3.03. The maximum absolute atomic E-state index is 13.0. The smallest absolute Gasteiger partial charge is 0.242 e. The Bertz CT molecular complexity index is 756. The van der Waals surface area contributed by atoms with Crippen molar-refractivity contribution in [2.24, 2.45) is 0 Å². The molecular weight excluding hydrogens is 324 g/mol. The molecule has 4 heteroatoms. The highest BCUT2D eigenvalue weighted by Crippen LogP contribution is 2.14. The highest BCUT2D eigenvalue weighted by molar-refractivity contribution is 5.88. The summed E-state index contributed by atoms with van der Waals surface area (Å²) >= 11 is 0. The second-order valence-corrected chi connectivity index (χ2v) is 6.72. The van der Waals surface area contributed by atoms with E-state index in [2.05, 4.69) is 5.32 Å². The summed E-state index contributed by atoms with van der Waals surface area (Å²) in [6.07, 6.45) is 1.03. The number of carbonyl (C=O) groups excluding carboxylic acids is 2. The molecule has 0 radical (unpaired) electrons. The average molecular weight is 352 g/mol. The number of nitrogens with one attached hydrogen (secondary N) is 1. The zero-order valence-electron chi connectivity index (χ0n) is 16.1. The number of likely N-dealkylation sites (N-methyl/N-ethyl adjacent to an activating group) is 1. The van der Waals surface area contributed by atoms with Crippen LogP contribution in [0.15, 0.2) is 48.5 Å². The van der Waals surface area contributed by atoms with Crippen molar-refractivity contribution >= 4 is 11.8 Å². The molecule has 0 aliphatic heterocycles. The fourth-order valence-electron chi connectivity index (χ4n) is 3.03. The molecule has 1 N–H and O–H groups in total. The van der Waals surface area contributed by atoms with Crippen LogP contribution in [0, 0.1) is 13.8 Å². The molecule has 0 bridgehead atoms. The van der Waals surface area contributed by atoms with Crippen molar-refractivity contribution in [2.75, 3.05) is 13.6 Å². The molecule has 0 aromatic heterocycles. The van der Waals surface area contributed by atoms with Crippen LogP contribution in [0.4, 0.5) is 0 Å². The molecule has 0 spiro atoms. The lowest BCUT2D eigenvalue weighted by atomic mass is 10.0. The number of aryl methyl sites for hydroxylation is 2. The predicted octanol–water partition coefficient (Wildman–Crippen LogP) is 3.05. The minimum absolute atomic E-state index is 0.0225. The van der Waals surface area contributed by atoms with Gasteiger partial charge in [0.1, 0.15) is 6.04 Å². The van der Waals surface area contributed by atoms with Gasteiger partial charge in [0.15, 0.2) is 0 Å². The van der Waals surface area contributed by atoms with Crippen molar-refractivity contribution in [1.82, 2.24) is 10.2 Å². The number of hydrogen-bond donors (Lipinski definition) is 1. The molecule has 4 nitrogen and oxygen atoms in total. The van der Waals surface area contributed by atoms with Crippen LogP contribution >= 0.6 is 0 Å². The zero-order valence-corrected chi connectivity index (χ0v) is 16.1. The Morgan fingerprint density at radius 1 is 1.08 bits per heavy atom. The molecule has 0 aliphatic carbocycles. The third-order valence-electron chi connectivity index (χ3n) is 4.74. The third kappa shape index (κ3) is 5.19. The quantitative estimate of drug-likeness (QED) is 0.833. The van der Waals surface area contributed by atoms with Crippen LogP contribution < -0.4 is 5.32 Å². The zero-order chi connectivity index (χ0) is 19.1. The summed E-state index contributed by atoms with van der Waals surface area (Å²) < 4.78 is 0. The predicted molar refractivity (Wildman–Crippen MR) is 105 cm³/mol. The average Bonchev–Trinajstić information content (AvgIpc) is 2.64. The number of carbonyl (C=O) groups is 2. The van der Waals surface area contributed by atoms with Gasteiger partial charge < -0.3 is 10.2 Å². The first-order valence-electron chi connectivity index (χ1n) is 9.03. The highest BCUT2D eigenvalue weighted by Gasteiger charge is 2.25. The Labute approximate surface area is 156 Å². The van der Waals surface area contributed by atoms with Gasteiger partial charge in [-0.3, -0.25) is 9.59 Å². The Morgan fingerprint density at radius 3 is 2.42 bits per heavy atom. The van der Waals surface area contributed by atoms with Gasteiger partial charge in [0, 0.05) is 13.6 Å². The van der Waals surface area contributed by atoms with Crippen LogP contribution in [0.2, 0.25) is 0 Å². The molecule has 0 fully saturated rings. The summed E-state index contributed by atoms with van der Waals surface area (Å²) in [7, 11) is 1.60. The van der Waals surface area contributed by atoms with Gasteiger partial charge in [0.05, 0.1) is 6.42 Å². The van der Waals surface area contributed by atoms with Crippen molar-refractivity contribution in [3.8, 4) is 0 Å². The van der Waals surface area contributed by atoms with Crippen LogP contribution in [0.5, 0.6) is 0 Å². The van der Waals surface area contributed by atoms with Crippen molar-refractivity contribution < 1.29 is 9.59 Å². The molecule has 1 atom stereocenters. The lowest BCUT2D eigenvalue weighted by Gasteiger charge is -2.28. The van der Waals surface area contributed by atoms with E-state index in [4.69, 9.17) is 0 Å². The lowest BCUT2D eigenvalue weighted by Crippen LogP contribution is -2.48. The molecule has 26 heavy (non-hydrogen) atoms. The molecule has 2 aromatic rings. The molecule has 0 unspecified atom stereocenters. The monoisotopic (exact) mass is 352 g/mol. The van der Waals surface area contributed by atoms with Crippen LogP contribution in [-0.4, -0.2) is 36.3 Å². The molecule has 0 saturated heterocycles. The third-order valence-corrected chi connectivity index (χ3v) is 4.74. The van der Waals surface area contributed by atoms with Crippen molar-refractivity contribution in [2.45, 2.75) is 39.7 Å². The van der Waals surface area contributed by atoms with Gasteiger partial charge >= 0.3 is 0 Å². The van der Waals surface area contributed by atoms with E-state index in [1.807, 2.05) is 62.4 Å². The Kier molecular flexibility index (Phi) is 6.96. The Morgan fingerprint density at radius 2 is 1.77 bits per heavy atom. The normalized spacial score (nSPS) is 11.7. The van der Waals surface area contributed by atoms with Gasteiger partial charge in [-0.25, -0.2) is 0 Å². The second-order valence-electron chi connectivity index (χ2n) is 6.72. The Hall–Kier alpha value is -2.62. The first kappa shape index (κ1) is 19.7. The van der Waals surface area contributed by atoms with Gasteiger partial charge in [-0.05, 0) is 43.9 Å². The maximum atomic E-state index is 13.0. The highest BCUT2D eigenvalue weighted by atomic mass is 16.2. The minimum Gasteiger partial charge on any atom is -0.357 e. The van der Waals surface area contributed by atoms with Crippen LogP contribution in [0.3, 0.4) is 0 Å². The van der Waals surface area contributed by atoms with Gasteiger partial charge in [-0.1, -0.05) is 54.1 Å². The van der Waals surface area contributed by atoms with Crippen LogP contribution in [0.25, 0.3) is 0 Å². The molecule has 0 saturated carbocycles. The summed E-state index contributed by atoms with van der Waals surface area (Å²) in [6, 6.07) is 15.7. The van der Waals surface area contributed by atoms with Crippen molar-refractivity contribution in [1.29, 1.82) is 0 Å². The van der Waals surface area contributed by atoms with Gasteiger partial charge in [-0.15, -0.1) is 0 Å². The molecular formula is C22H28N2O2. The summed E-state index contributed by atoms with van der Waals surface area (Å²) in [4.78, 5) is 26.8. The number of rotatable bonds is 7. The number of nitrogens with zero attached hydrogens (tertiary/aromatic N) is 1. The van der Waals surface area contributed by atoms with E-state index < -0.39 is 6.04 Å². The van der Waals surface area contributed by atoms with Gasteiger partial charge in [0.25, 0.3) is 0 Å². The van der Waals surface area contributed by atoms with E-state index in [1.165, 1.54) is 0 Å². The second kappa shape index (κ2) is 9.18. The topological polar surface area (TPSA) is 49.4 Å². The number of hydrogen-bond acceptors (Lipinski definition) is 2. The molecule has 0 heterocycles. The lowest BCUT2D eigenvalue weighted by molar-refractivity contribution is -0.139. The van der Waals surface area contributed by atoms with E-state index in [9.17, 15) is 9.59 Å². The van der Waals surface area contributed by atoms with E-state index in [0.717, 1.165) is 28.7 Å². The first-order chi connectivity index (χ1) is 12.4. The standard InChI is InChI=1S/C22H28N2O2/c1-16-10-11-17(2)20(14-16)15-21(25)24(18(3)22(26)23-4)13-12-19-8-6-5-7-9-19/h5-11,14,18H,12-13,15H2,1-4H3,(H,23,26)/t18-/m1/s1. The summed E-state index contributed by atoms with van der Waals surface area (Å²) in [5.74, 6) is -0.168. The summed E-state index contributed by atoms with van der Waals surface area (Å²) in [6.45, 7) is 6.33.